The molecule has 26 heavy (non-hydrogen) atoms. The molecule has 138 valence electrons. The Bertz CT molecular complexity index is 759. The first-order valence-electron chi connectivity index (χ1n) is 7.76. The van der Waals surface area contributed by atoms with Crippen molar-refractivity contribution in [2.24, 2.45) is 0 Å². The van der Waals surface area contributed by atoms with E-state index >= 15 is 0 Å². The van der Waals surface area contributed by atoms with Crippen molar-refractivity contribution < 1.29 is 22.7 Å². The van der Waals surface area contributed by atoms with Crippen molar-refractivity contribution in [3.05, 3.63) is 59.8 Å². The lowest BCUT2D eigenvalue weighted by atomic mass is 10.2. The Morgan fingerprint density at radius 1 is 1.19 bits per heavy atom. The Labute approximate surface area is 148 Å². The lowest BCUT2D eigenvalue weighted by molar-refractivity contribution is -0.137. The number of hydrogen-bond donors (Lipinski definition) is 2. The van der Waals surface area contributed by atoms with Crippen molar-refractivity contribution in [1.29, 1.82) is 0 Å². The molecule has 2 rings (SSSR count). The zero-order chi connectivity index (χ0) is 19.0. The number of methoxy groups -OCH3 is 1. The van der Waals surface area contributed by atoms with Gasteiger partial charge in [0.15, 0.2) is 0 Å². The SMILES string of the molecule is COc1ccccc1/C=C/C(=O)NCCNc1ccc(C(F)(F)F)cn1. The van der Waals surface area contributed by atoms with Crippen LogP contribution < -0.4 is 15.4 Å². The summed E-state index contributed by atoms with van der Waals surface area (Å²) < 4.78 is 42.5. The monoisotopic (exact) mass is 365 g/mol. The molecule has 1 aromatic heterocycles. The van der Waals surface area contributed by atoms with Crippen molar-refractivity contribution in [1.82, 2.24) is 10.3 Å². The van der Waals surface area contributed by atoms with E-state index in [2.05, 4.69) is 15.6 Å². The molecule has 1 aromatic carbocycles. The van der Waals surface area contributed by atoms with Gasteiger partial charge < -0.3 is 15.4 Å². The predicted octanol–water partition coefficient (Wildman–Crippen LogP) is 3.35. The fraction of sp³-hybridized carbons (Fsp3) is 0.222. The number of carbonyl (C=O) groups is 1. The fourth-order valence-corrected chi connectivity index (χ4v) is 2.07. The second-order valence-corrected chi connectivity index (χ2v) is 5.22. The van der Waals surface area contributed by atoms with Crippen molar-refractivity contribution in [2.75, 3.05) is 25.5 Å². The summed E-state index contributed by atoms with van der Waals surface area (Å²) in [7, 11) is 1.55. The average molecular weight is 365 g/mol. The lowest BCUT2D eigenvalue weighted by Gasteiger charge is -2.09. The van der Waals surface area contributed by atoms with Crippen LogP contribution in [0.3, 0.4) is 0 Å². The second-order valence-electron chi connectivity index (χ2n) is 5.22. The molecule has 0 spiro atoms. The first-order chi connectivity index (χ1) is 12.4. The Morgan fingerprint density at radius 2 is 1.96 bits per heavy atom. The number of rotatable bonds is 7. The number of anilines is 1. The van der Waals surface area contributed by atoms with Crippen LogP contribution in [-0.2, 0) is 11.0 Å². The third-order valence-corrected chi connectivity index (χ3v) is 3.37. The van der Waals surface area contributed by atoms with E-state index in [4.69, 9.17) is 4.74 Å². The Morgan fingerprint density at radius 3 is 2.62 bits per heavy atom. The molecular weight excluding hydrogens is 347 g/mol. The van der Waals surface area contributed by atoms with Crippen LogP contribution in [0, 0.1) is 0 Å². The highest BCUT2D eigenvalue weighted by Crippen LogP contribution is 2.28. The summed E-state index contributed by atoms with van der Waals surface area (Å²) in [6.07, 6.45) is -0.628. The number of halogens is 3. The largest absolute Gasteiger partial charge is 0.496 e. The zero-order valence-electron chi connectivity index (χ0n) is 14.0. The van der Waals surface area contributed by atoms with Gasteiger partial charge in [-0.15, -0.1) is 0 Å². The van der Waals surface area contributed by atoms with Gasteiger partial charge in [-0.1, -0.05) is 18.2 Å². The van der Waals surface area contributed by atoms with Gasteiger partial charge in [-0.3, -0.25) is 4.79 Å². The lowest BCUT2D eigenvalue weighted by Crippen LogP contribution is -2.27. The number of pyridine rings is 1. The molecule has 1 heterocycles. The molecule has 0 aliphatic carbocycles. The zero-order valence-corrected chi connectivity index (χ0v) is 14.0. The fourth-order valence-electron chi connectivity index (χ4n) is 2.07. The van der Waals surface area contributed by atoms with Crippen LogP contribution in [0.25, 0.3) is 6.08 Å². The topological polar surface area (TPSA) is 63.2 Å². The van der Waals surface area contributed by atoms with E-state index in [9.17, 15) is 18.0 Å². The summed E-state index contributed by atoms with van der Waals surface area (Å²) in [6.45, 7) is 0.615. The van der Waals surface area contributed by atoms with Gasteiger partial charge in [0.05, 0.1) is 12.7 Å². The molecule has 0 saturated carbocycles. The number of nitrogens with zero attached hydrogens (tertiary/aromatic N) is 1. The van der Waals surface area contributed by atoms with E-state index in [1.54, 1.807) is 19.3 Å². The molecule has 0 saturated heterocycles. The van der Waals surface area contributed by atoms with Crippen LogP contribution in [0.15, 0.2) is 48.7 Å². The van der Waals surface area contributed by atoms with E-state index < -0.39 is 11.7 Å². The van der Waals surface area contributed by atoms with Crippen LogP contribution in [-0.4, -0.2) is 31.1 Å². The number of alkyl halides is 3. The number of carbonyl (C=O) groups excluding carboxylic acids is 1. The average Bonchev–Trinajstić information content (AvgIpc) is 2.63. The first kappa shape index (κ1) is 19.3. The molecule has 8 heteroatoms. The third kappa shape index (κ3) is 5.80. The van der Waals surface area contributed by atoms with Gasteiger partial charge in [0, 0.05) is 30.9 Å². The summed E-state index contributed by atoms with van der Waals surface area (Å²) in [6, 6.07) is 9.47. The minimum Gasteiger partial charge on any atom is -0.496 e. The van der Waals surface area contributed by atoms with E-state index in [1.165, 1.54) is 12.1 Å². The number of ether oxygens (including phenoxy) is 1. The number of aromatic nitrogens is 1. The van der Waals surface area contributed by atoms with Crippen LogP contribution in [0.4, 0.5) is 19.0 Å². The van der Waals surface area contributed by atoms with Crippen LogP contribution in [0.2, 0.25) is 0 Å². The summed E-state index contributed by atoms with van der Waals surface area (Å²) in [4.78, 5) is 15.5. The summed E-state index contributed by atoms with van der Waals surface area (Å²) in [5.74, 6) is 0.668. The molecule has 0 bridgehead atoms. The number of nitrogens with one attached hydrogen (secondary N) is 2. The molecule has 0 fully saturated rings. The second kappa shape index (κ2) is 8.89. The van der Waals surface area contributed by atoms with Gasteiger partial charge in [-0.2, -0.15) is 13.2 Å². The van der Waals surface area contributed by atoms with Gasteiger partial charge >= 0.3 is 6.18 Å². The minimum absolute atomic E-state index is 0.289. The molecule has 0 aliphatic rings. The number of hydrogen-bond acceptors (Lipinski definition) is 4. The molecule has 2 aromatic rings. The minimum atomic E-state index is -4.41. The van der Waals surface area contributed by atoms with Crippen molar-refractivity contribution in [2.45, 2.75) is 6.18 Å². The maximum atomic E-state index is 12.4. The molecule has 0 atom stereocenters. The van der Waals surface area contributed by atoms with Gasteiger partial charge in [-0.25, -0.2) is 4.98 Å². The Hall–Kier alpha value is -3.03. The number of benzene rings is 1. The molecule has 0 unspecified atom stereocenters. The molecule has 0 radical (unpaired) electrons. The third-order valence-electron chi connectivity index (χ3n) is 3.37. The van der Waals surface area contributed by atoms with E-state index in [0.717, 1.165) is 17.8 Å². The van der Waals surface area contributed by atoms with E-state index in [0.29, 0.717) is 18.1 Å². The molecule has 5 nitrogen and oxygen atoms in total. The van der Waals surface area contributed by atoms with E-state index in [1.807, 2.05) is 18.2 Å². The van der Waals surface area contributed by atoms with Crippen molar-refractivity contribution in [3.63, 3.8) is 0 Å². The summed E-state index contributed by atoms with van der Waals surface area (Å²) >= 11 is 0. The Balaban J connectivity index is 1.75. The number of amides is 1. The van der Waals surface area contributed by atoms with Gasteiger partial charge in [0.1, 0.15) is 11.6 Å². The Kier molecular flexibility index (Phi) is 6.60. The van der Waals surface area contributed by atoms with Gasteiger partial charge in [-0.05, 0) is 24.3 Å². The van der Waals surface area contributed by atoms with Crippen LogP contribution in [0.5, 0.6) is 5.75 Å². The van der Waals surface area contributed by atoms with Gasteiger partial charge in [0.2, 0.25) is 5.91 Å². The summed E-state index contributed by atoms with van der Waals surface area (Å²) in [5, 5.41) is 5.49. The normalized spacial score (nSPS) is 11.4. The summed E-state index contributed by atoms with van der Waals surface area (Å²) in [5.41, 5.74) is -0.0324. The molecule has 1 amide bonds. The van der Waals surface area contributed by atoms with Crippen LogP contribution >= 0.6 is 0 Å². The molecular formula is C18H18F3N3O2. The first-order valence-corrected chi connectivity index (χ1v) is 7.76. The van der Waals surface area contributed by atoms with Crippen molar-refractivity contribution in [3.8, 4) is 5.75 Å². The maximum absolute atomic E-state index is 12.4. The van der Waals surface area contributed by atoms with E-state index in [-0.39, 0.29) is 12.5 Å². The smallest absolute Gasteiger partial charge is 0.417 e. The number of para-hydroxylation sites is 1. The highest BCUT2D eigenvalue weighted by Gasteiger charge is 2.30. The van der Waals surface area contributed by atoms with Gasteiger partial charge in [0.25, 0.3) is 0 Å². The van der Waals surface area contributed by atoms with Crippen molar-refractivity contribution >= 4 is 17.8 Å². The van der Waals surface area contributed by atoms with Crippen LogP contribution in [0.1, 0.15) is 11.1 Å². The highest BCUT2D eigenvalue weighted by molar-refractivity contribution is 5.92. The highest BCUT2D eigenvalue weighted by atomic mass is 19.4. The predicted molar refractivity (Wildman–Crippen MR) is 92.8 cm³/mol. The molecule has 2 N–H and O–H groups in total. The quantitative estimate of drug-likeness (QED) is 0.583. The molecule has 0 aliphatic heterocycles. The standard InChI is InChI=1S/C18H18F3N3O2/c1-26-15-5-3-2-4-13(15)6-9-17(25)23-11-10-22-16-8-7-14(12-24-16)18(19,20)21/h2-9,12H,10-11H2,1H3,(H,22,24)(H,23,25)/b9-6+. The maximum Gasteiger partial charge on any atom is 0.417 e.